The van der Waals surface area contributed by atoms with E-state index < -0.39 is 0 Å². The van der Waals surface area contributed by atoms with Gasteiger partial charge in [-0.05, 0) is 60.2 Å². The molecule has 156 valence electrons. The van der Waals surface area contributed by atoms with Gasteiger partial charge in [-0.3, -0.25) is 4.79 Å². The molecule has 0 heterocycles. The molecule has 0 radical (unpaired) electrons. The van der Waals surface area contributed by atoms with E-state index in [0.717, 1.165) is 33.2 Å². The number of aryl methyl sites for hydroxylation is 1. The zero-order chi connectivity index (χ0) is 21.6. The maximum Gasteiger partial charge on any atom is 0.306 e. The molecule has 0 aliphatic carbocycles. The maximum absolute atomic E-state index is 11.6. The van der Waals surface area contributed by atoms with E-state index in [0.29, 0.717) is 25.2 Å². The van der Waals surface area contributed by atoms with Gasteiger partial charge in [0.2, 0.25) is 0 Å². The molecule has 1 N–H and O–H groups in total. The van der Waals surface area contributed by atoms with Gasteiger partial charge in [-0.25, -0.2) is 0 Å². The second-order valence-corrected chi connectivity index (χ2v) is 7.26. The van der Waals surface area contributed by atoms with Crippen LogP contribution in [0.2, 0.25) is 0 Å². The second kappa shape index (κ2) is 9.35. The standard InChI is InChI=1S/C27H24O4/c1-2-30-26(29)17-12-19-10-14-23(15-11-19)31-27-24-9-4-3-6-20(24)13-16-25(27)21-7-5-8-22(28)18-21/h3-11,13-16,18,28H,2,12,17H2,1H3. The first-order valence-corrected chi connectivity index (χ1v) is 10.4. The summed E-state index contributed by atoms with van der Waals surface area (Å²) in [5, 5.41) is 12.0. The van der Waals surface area contributed by atoms with Crippen molar-refractivity contribution >= 4 is 16.7 Å². The van der Waals surface area contributed by atoms with Crippen molar-refractivity contribution in [1.82, 2.24) is 0 Å². The summed E-state index contributed by atoms with van der Waals surface area (Å²) in [6.07, 6.45) is 0.987. The zero-order valence-electron chi connectivity index (χ0n) is 17.4. The molecular formula is C27H24O4. The van der Waals surface area contributed by atoms with E-state index in [1.165, 1.54) is 0 Å². The van der Waals surface area contributed by atoms with Crippen LogP contribution in [0.15, 0.2) is 84.9 Å². The average Bonchev–Trinajstić information content (AvgIpc) is 2.79. The Morgan fingerprint density at radius 3 is 2.48 bits per heavy atom. The lowest BCUT2D eigenvalue weighted by atomic mass is 9.99. The van der Waals surface area contributed by atoms with E-state index in [1.807, 2.05) is 73.7 Å². The van der Waals surface area contributed by atoms with Gasteiger partial charge < -0.3 is 14.6 Å². The molecule has 0 saturated carbocycles. The summed E-state index contributed by atoms with van der Waals surface area (Å²) in [4.78, 5) is 11.6. The molecule has 31 heavy (non-hydrogen) atoms. The summed E-state index contributed by atoms with van der Waals surface area (Å²) in [5.41, 5.74) is 2.83. The van der Waals surface area contributed by atoms with E-state index in [4.69, 9.17) is 9.47 Å². The lowest BCUT2D eigenvalue weighted by molar-refractivity contribution is -0.143. The van der Waals surface area contributed by atoms with Crippen LogP contribution in [0.4, 0.5) is 0 Å². The number of phenols is 1. The minimum atomic E-state index is -0.186. The van der Waals surface area contributed by atoms with Gasteiger partial charge in [0.25, 0.3) is 0 Å². The molecule has 0 bridgehead atoms. The number of hydrogen-bond acceptors (Lipinski definition) is 4. The van der Waals surface area contributed by atoms with Crippen LogP contribution >= 0.6 is 0 Å². The van der Waals surface area contributed by atoms with Crippen molar-refractivity contribution in [2.24, 2.45) is 0 Å². The van der Waals surface area contributed by atoms with Gasteiger partial charge in [-0.15, -0.1) is 0 Å². The molecule has 0 unspecified atom stereocenters. The molecule has 4 rings (SSSR count). The highest BCUT2D eigenvalue weighted by Gasteiger charge is 2.13. The van der Waals surface area contributed by atoms with Crippen molar-refractivity contribution in [3.8, 4) is 28.4 Å². The highest BCUT2D eigenvalue weighted by Crippen LogP contribution is 2.40. The Morgan fingerprint density at radius 1 is 0.903 bits per heavy atom. The molecule has 0 saturated heterocycles. The highest BCUT2D eigenvalue weighted by molar-refractivity contribution is 5.95. The van der Waals surface area contributed by atoms with Gasteiger partial charge in [0, 0.05) is 17.4 Å². The molecule has 0 fully saturated rings. The lowest BCUT2D eigenvalue weighted by Crippen LogP contribution is -2.05. The molecule has 0 aliphatic rings. The molecule has 4 heteroatoms. The van der Waals surface area contributed by atoms with Crippen LogP contribution in [-0.2, 0) is 16.0 Å². The number of phenolic OH excluding ortho intramolecular Hbond substituents is 1. The Hall–Kier alpha value is -3.79. The Kier molecular flexibility index (Phi) is 6.18. The van der Waals surface area contributed by atoms with Crippen molar-refractivity contribution in [1.29, 1.82) is 0 Å². The number of esters is 1. The number of hydrogen-bond donors (Lipinski definition) is 1. The van der Waals surface area contributed by atoms with Crippen molar-refractivity contribution in [2.75, 3.05) is 6.61 Å². The Balaban J connectivity index is 1.64. The number of rotatable bonds is 7. The molecule has 0 spiro atoms. The molecule has 4 aromatic rings. The third-order valence-electron chi connectivity index (χ3n) is 5.10. The van der Waals surface area contributed by atoms with Crippen LogP contribution in [0.5, 0.6) is 17.2 Å². The van der Waals surface area contributed by atoms with Gasteiger partial charge >= 0.3 is 5.97 Å². The Labute approximate surface area is 181 Å². The largest absolute Gasteiger partial charge is 0.508 e. The first-order valence-electron chi connectivity index (χ1n) is 10.4. The van der Waals surface area contributed by atoms with E-state index in [1.54, 1.807) is 12.1 Å². The SMILES string of the molecule is CCOC(=O)CCc1ccc(Oc2c(-c3cccc(O)c3)ccc3ccccc23)cc1. The van der Waals surface area contributed by atoms with Crippen molar-refractivity contribution < 1.29 is 19.4 Å². The van der Waals surface area contributed by atoms with Crippen LogP contribution < -0.4 is 4.74 Å². The lowest BCUT2D eigenvalue weighted by Gasteiger charge is -2.15. The maximum atomic E-state index is 11.6. The fourth-order valence-corrected chi connectivity index (χ4v) is 3.58. The van der Waals surface area contributed by atoms with Crippen molar-refractivity contribution in [3.63, 3.8) is 0 Å². The van der Waals surface area contributed by atoms with Gasteiger partial charge in [-0.1, -0.05) is 54.6 Å². The van der Waals surface area contributed by atoms with Crippen LogP contribution in [0.25, 0.3) is 21.9 Å². The topological polar surface area (TPSA) is 55.8 Å². The van der Waals surface area contributed by atoms with E-state index in [9.17, 15) is 9.90 Å². The fourth-order valence-electron chi connectivity index (χ4n) is 3.58. The second-order valence-electron chi connectivity index (χ2n) is 7.26. The van der Waals surface area contributed by atoms with Crippen LogP contribution in [0.1, 0.15) is 18.9 Å². The predicted octanol–water partition coefficient (Wildman–Crippen LogP) is 6.50. The normalized spacial score (nSPS) is 10.7. The Bertz CT molecular complexity index is 1200. The quantitative estimate of drug-likeness (QED) is 0.352. The number of benzene rings is 4. The summed E-state index contributed by atoms with van der Waals surface area (Å²) >= 11 is 0. The molecular weight excluding hydrogens is 388 g/mol. The van der Waals surface area contributed by atoms with Crippen LogP contribution in [0, 0.1) is 0 Å². The zero-order valence-corrected chi connectivity index (χ0v) is 17.4. The van der Waals surface area contributed by atoms with Gasteiger partial charge in [-0.2, -0.15) is 0 Å². The third kappa shape index (κ3) is 4.86. The number of carbonyl (C=O) groups is 1. The van der Waals surface area contributed by atoms with E-state index >= 15 is 0 Å². The van der Waals surface area contributed by atoms with E-state index in [-0.39, 0.29) is 11.7 Å². The molecule has 4 aromatic carbocycles. The first-order chi connectivity index (χ1) is 15.1. The first kappa shape index (κ1) is 20.5. The van der Waals surface area contributed by atoms with Crippen molar-refractivity contribution in [3.05, 3.63) is 90.5 Å². The molecule has 4 nitrogen and oxygen atoms in total. The number of aromatic hydroxyl groups is 1. The summed E-state index contributed by atoms with van der Waals surface area (Å²) in [7, 11) is 0. The minimum absolute atomic E-state index is 0.186. The van der Waals surface area contributed by atoms with E-state index in [2.05, 4.69) is 6.07 Å². The van der Waals surface area contributed by atoms with Gasteiger partial charge in [0.05, 0.1) is 6.61 Å². The molecule has 0 aromatic heterocycles. The fraction of sp³-hybridized carbons (Fsp3) is 0.148. The molecule has 0 amide bonds. The number of fused-ring (bicyclic) bond motifs is 1. The number of ether oxygens (including phenoxy) is 2. The van der Waals surface area contributed by atoms with Gasteiger partial charge in [0.1, 0.15) is 17.2 Å². The summed E-state index contributed by atoms with van der Waals surface area (Å²) in [6.45, 7) is 2.21. The average molecular weight is 412 g/mol. The number of carbonyl (C=O) groups excluding carboxylic acids is 1. The van der Waals surface area contributed by atoms with Crippen LogP contribution in [-0.4, -0.2) is 17.7 Å². The highest BCUT2D eigenvalue weighted by atomic mass is 16.5. The Morgan fingerprint density at radius 2 is 1.71 bits per heavy atom. The van der Waals surface area contributed by atoms with Gasteiger partial charge in [0.15, 0.2) is 0 Å². The summed E-state index contributed by atoms with van der Waals surface area (Å²) in [5.74, 6) is 1.47. The monoisotopic (exact) mass is 412 g/mol. The third-order valence-corrected chi connectivity index (χ3v) is 5.10. The van der Waals surface area contributed by atoms with Crippen molar-refractivity contribution in [2.45, 2.75) is 19.8 Å². The summed E-state index contributed by atoms with van der Waals surface area (Å²) < 4.78 is 11.4. The predicted molar refractivity (Wildman–Crippen MR) is 123 cm³/mol. The summed E-state index contributed by atoms with van der Waals surface area (Å²) in [6, 6.07) is 27.0. The van der Waals surface area contributed by atoms with Crippen LogP contribution in [0.3, 0.4) is 0 Å². The molecule has 0 aliphatic heterocycles. The smallest absolute Gasteiger partial charge is 0.306 e. The molecule has 0 atom stereocenters. The minimum Gasteiger partial charge on any atom is -0.508 e.